The number of hydrogen-bond acceptors (Lipinski definition) is 1. The highest BCUT2D eigenvalue weighted by Crippen LogP contribution is 2.32. The van der Waals surface area contributed by atoms with Crippen LogP contribution in [0.3, 0.4) is 0 Å². The van der Waals surface area contributed by atoms with Gasteiger partial charge in [0, 0.05) is 38.6 Å². The van der Waals surface area contributed by atoms with Gasteiger partial charge in [0.25, 0.3) is 0 Å². The molecular formula is C17H11BrN2. The van der Waals surface area contributed by atoms with Crippen molar-refractivity contribution in [2.24, 2.45) is 0 Å². The number of aromatic amines is 1. The third kappa shape index (κ3) is 1.74. The largest absolute Gasteiger partial charge is 0.366 e. The van der Waals surface area contributed by atoms with Crippen LogP contribution in [-0.2, 0) is 0 Å². The van der Waals surface area contributed by atoms with Crippen LogP contribution in [0.1, 0.15) is 0 Å². The van der Waals surface area contributed by atoms with Crippen LogP contribution in [0.15, 0.2) is 65.4 Å². The Morgan fingerprint density at radius 3 is 2.60 bits per heavy atom. The summed E-state index contributed by atoms with van der Waals surface area (Å²) in [5, 5.41) is 3.55. The molecule has 2 aromatic heterocycles. The Balaban J connectivity index is 2.14. The summed E-state index contributed by atoms with van der Waals surface area (Å²) in [6.45, 7) is 0. The number of H-pyrrole nitrogens is 1. The van der Waals surface area contributed by atoms with Gasteiger partial charge in [0.1, 0.15) is 0 Å². The number of nitrogens with one attached hydrogen (secondary N) is 1. The molecule has 0 spiro atoms. The van der Waals surface area contributed by atoms with Gasteiger partial charge in [-0.25, -0.2) is 4.98 Å². The van der Waals surface area contributed by atoms with Crippen molar-refractivity contribution < 1.29 is 0 Å². The van der Waals surface area contributed by atoms with E-state index in [4.69, 9.17) is 4.98 Å². The van der Waals surface area contributed by atoms with Crippen molar-refractivity contribution in [1.82, 2.24) is 9.97 Å². The molecule has 0 aliphatic heterocycles. The van der Waals surface area contributed by atoms with Gasteiger partial charge in [-0.1, -0.05) is 46.3 Å². The van der Waals surface area contributed by atoms with Crippen molar-refractivity contribution in [1.29, 1.82) is 0 Å². The van der Waals surface area contributed by atoms with E-state index >= 15 is 0 Å². The molecule has 4 rings (SSSR count). The summed E-state index contributed by atoms with van der Waals surface area (Å²) >= 11 is 3.53. The first-order chi connectivity index (χ1) is 9.83. The lowest BCUT2D eigenvalue weighted by Crippen LogP contribution is -1.87. The molecule has 0 saturated heterocycles. The maximum absolute atomic E-state index is 4.85. The van der Waals surface area contributed by atoms with Crippen molar-refractivity contribution in [2.45, 2.75) is 0 Å². The first-order valence-corrected chi connectivity index (χ1v) is 7.23. The zero-order valence-electron chi connectivity index (χ0n) is 10.6. The average molecular weight is 323 g/mol. The lowest BCUT2D eigenvalue weighted by molar-refractivity contribution is 1.41. The molecule has 2 heterocycles. The minimum Gasteiger partial charge on any atom is -0.366 e. The predicted octanol–water partition coefficient (Wildman–Crippen LogP) is 5.15. The Morgan fingerprint density at radius 2 is 1.70 bits per heavy atom. The fourth-order valence-electron chi connectivity index (χ4n) is 2.62. The number of rotatable bonds is 1. The fraction of sp³-hybridized carbons (Fsp3) is 0. The lowest BCUT2D eigenvalue weighted by Gasteiger charge is -2.07. The number of hydrogen-bond donors (Lipinski definition) is 1. The van der Waals surface area contributed by atoms with Crippen LogP contribution in [-0.4, -0.2) is 9.97 Å². The van der Waals surface area contributed by atoms with E-state index in [0.29, 0.717) is 0 Å². The Morgan fingerprint density at radius 1 is 0.850 bits per heavy atom. The normalized spacial score (nSPS) is 11.2. The number of aromatic nitrogens is 2. The first-order valence-electron chi connectivity index (χ1n) is 6.44. The van der Waals surface area contributed by atoms with Gasteiger partial charge in [0.15, 0.2) is 0 Å². The molecule has 4 aromatic rings. The summed E-state index contributed by atoms with van der Waals surface area (Å²) in [5.74, 6) is 0. The minimum absolute atomic E-state index is 1.02. The van der Waals surface area contributed by atoms with Gasteiger partial charge in [-0.05, 0) is 18.2 Å². The molecule has 2 nitrogen and oxygen atoms in total. The van der Waals surface area contributed by atoms with E-state index in [1.807, 2.05) is 30.6 Å². The molecule has 3 heteroatoms. The molecule has 0 amide bonds. The zero-order valence-corrected chi connectivity index (χ0v) is 12.2. The molecule has 20 heavy (non-hydrogen) atoms. The van der Waals surface area contributed by atoms with E-state index in [1.54, 1.807) is 0 Å². The van der Waals surface area contributed by atoms with Crippen molar-refractivity contribution in [3.63, 3.8) is 0 Å². The van der Waals surface area contributed by atoms with Gasteiger partial charge in [0.05, 0.1) is 11.2 Å². The quantitative estimate of drug-likeness (QED) is 0.516. The standard InChI is InChI=1S/C17H11BrN2/c18-12-5-3-4-11(8-12)17-15-10-19-9-14(15)13-6-1-2-7-16(13)20-17/h1-10,19H. The number of fused-ring (bicyclic) bond motifs is 3. The Kier molecular flexibility index (Phi) is 2.60. The van der Waals surface area contributed by atoms with Crippen LogP contribution in [0, 0.1) is 0 Å². The Bertz CT molecular complexity index is 924. The average Bonchev–Trinajstić information content (AvgIpc) is 2.96. The number of pyridine rings is 1. The van der Waals surface area contributed by atoms with E-state index in [9.17, 15) is 0 Å². The summed E-state index contributed by atoms with van der Waals surface area (Å²) in [7, 11) is 0. The second-order valence-corrected chi connectivity index (χ2v) is 5.69. The Hall–Kier alpha value is -2.13. The van der Waals surface area contributed by atoms with Crippen LogP contribution >= 0.6 is 15.9 Å². The maximum atomic E-state index is 4.85. The summed E-state index contributed by atoms with van der Waals surface area (Å²) in [6.07, 6.45) is 4.06. The zero-order chi connectivity index (χ0) is 13.5. The summed E-state index contributed by atoms with van der Waals surface area (Å²) < 4.78 is 1.06. The topological polar surface area (TPSA) is 28.7 Å². The predicted molar refractivity (Wildman–Crippen MR) is 86.7 cm³/mol. The molecule has 2 aromatic carbocycles. The van der Waals surface area contributed by atoms with E-state index in [2.05, 4.69) is 51.2 Å². The monoisotopic (exact) mass is 322 g/mol. The maximum Gasteiger partial charge on any atom is 0.0803 e. The van der Waals surface area contributed by atoms with Gasteiger partial charge in [-0.2, -0.15) is 0 Å². The molecular weight excluding hydrogens is 312 g/mol. The number of nitrogens with zero attached hydrogens (tertiary/aromatic N) is 1. The molecule has 0 saturated carbocycles. The molecule has 1 N–H and O–H groups in total. The highest BCUT2D eigenvalue weighted by Gasteiger charge is 2.10. The van der Waals surface area contributed by atoms with E-state index in [-0.39, 0.29) is 0 Å². The van der Waals surface area contributed by atoms with Gasteiger partial charge in [0.2, 0.25) is 0 Å². The van der Waals surface area contributed by atoms with Gasteiger partial charge in [-0.15, -0.1) is 0 Å². The highest BCUT2D eigenvalue weighted by molar-refractivity contribution is 9.10. The summed E-state index contributed by atoms with van der Waals surface area (Å²) in [5.41, 5.74) is 3.16. The molecule has 0 unspecified atom stereocenters. The van der Waals surface area contributed by atoms with Crippen LogP contribution in [0.4, 0.5) is 0 Å². The Labute approximate surface area is 124 Å². The number of benzene rings is 2. The number of para-hydroxylation sites is 1. The van der Waals surface area contributed by atoms with Gasteiger partial charge < -0.3 is 4.98 Å². The molecule has 96 valence electrons. The molecule has 0 bridgehead atoms. The van der Waals surface area contributed by atoms with E-state index in [0.717, 1.165) is 26.6 Å². The fourth-order valence-corrected chi connectivity index (χ4v) is 3.02. The molecule has 0 aliphatic carbocycles. The second kappa shape index (κ2) is 4.46. The van der Waals surface area contributed by atoms with Crippen molar-refractivity contribution in [3.05, 3.63) is 65.4 Å². The smallest absolute Gasteiger partial charge is 0.0803 e. The van der Waals surface area contributed by atoms with E-state index < -0.39 is 0 Å². The summed E-state index contributed by atoms with van der Waals surface area (Å²) in [4.78, 5) is 8.05. The van der Waals surface area contributed by atoms with Gasteiger partial charge >= 0.3 is 0 Å². The molecule has 0 aliphatic rings. The van der Waals surface area contributed by atoms with E-state index in [1.165, 1.54) is 10.8 Å². The van der Waals surface area contributed by atoms with Crippen LogP contribution in [0.25, 0.3) is 32.9 Å². The third-order valence-corrected chi connectivity index (χ3v) is 4.02. The lowest BCUT2D eigenvalue weighted by atomic mass is 10.0. The van der Waals surface area contributed by atoms with Crippen LogP contribution < -0.4 is 0 Å². The third-order valence-electron chi connectivity index (χ3n) is 3.53. The highest BCUT2D eigenvalue weighted by atomic mass is 79.9. The minimum atomic E-state index is 1.02. The SMILES string of the molecule is Brc1cccc(-c2nc3ccccc3c3c[nH]cc23)c1. The van der Waals surface area contributed by atoms with Crippen LogP contribution in [0.2, 0.25) is 0 Å². The second-order valence-electron chi connectivity index (χ2n) is 4.77. The molecule has 0 fully saturated rings. The van der Waals surface area contributed by atoms with Crippen molar-refractivity contribution >= 4 is 37.6 Å². The van der Waals surface area contributed by atoms with Gasteiger partial charge in [-0.3, -0.25) is 0 Å². The van der Waals surface area contributed by atoms with Crippen LogP contribution in [0.5, 0.6) is 0 Å². The van der Waals surface area contributed by atoms with Crippen molar-refractivity contribution in [3.8, 4) is 11.3 Å². The summed E-state index contributed by atoms with van der Waals surface area (Å²) in [6, 6.07) is 16.5. The molecule has 0 radical (unpaired) electrons. The first kappa shape index (κ1) is 11.7. The van der Waals surface area contributed by atoms with Crippen molar-refractivity contribution in [2.75, 3.05) is 0 Å². The number of halogens is 1. The molecule has 0 atom stereocenters.